The summed E-state index contributed by atoms with van der Waals surface area (Å²) in [5, 5.41) is 12.2. The Bertz CT molecular complexity index is 243. The van der Waals surface area contributed by atoms with Crippen molar-refractivity contribution in [2.45, 2.75) is 38.2 Å². The molecule has 72 valence electrons. The van der Waals surface area contributed by atoms with Gasteiger partial charge in [-0.25, -0.2) is 4.79 Å². The van der Waals surface area contributed by atoms with E-state index in [-0.39, 0.29) is 11.8 Å². The second kappa shape index (κ2) is 3.36. The summed E-state index contributed by atoms with van der Waals surface area (Å²) in [5.74, 6) is -0.416. The molecule has 0 bridgehead atoms. The fourth-order valence-electron chi connectivity index (χ4n) is 2.10. The third-order valence-corrected chi connectivity index (χ3v) is 2.87. The van der Waals surface area contributed by atoms with Crippen molar-refractivity contribution < 1.29 is 14.7 Å². The van der Waals surface area contributed by atoms with Crippen molar-refractivity contribution in [3.8, 4) is 0 Å². The van der Waals surface area contributed by atoms with Gasteiger partial charge in [-0.3, -0.25) is 0 Å². The van der Waals surface area contributed by atoms with E-state index < -0.39 is 5.97 Å². The van der Waals surface area contributed by atoms with Gasteiger partial charge in [0, 0.05) is 6.42 Å². The molecule has 1 saturated carbocycles. The van der Waals surface area contributed by atoms with Gasteiger partial charge >= 0.3 is 5.97 Å². The molecule has 0 aromatic carbocycles. The normalized spacial score (nSPS) is 28.6. The van der Waals surface area contributed by atoms with E-state index in [9.17, 15) is 4.79 Å². The van der Waals surface area contributed by atoms with E-state index in [0.29, 0.717) is 12.3 Å². The molecule has 1 unspecified atom stereocenters. The SMILES string of the molecule is O=C(O)C1=NOC(C2CCCC2)C1. The van der Waals surface area contributed by atoms with Gasteiger partial charge < -0.3 is 9.94 Å². The van der Waals surface area contributed by atoms with Crippen LogP contribution in [-0.2, 0) is 9.63 Å². The fourth-order valence-corrected chi connectivity index (χ4v) is 2.10. The minimum atomic E-state index is -0.944. The van der Waals surface area contributed by atoms with E-state index in [0.717, 1.165) is 12.8 Å². The summed E-state index contributed by atoms with van der Waals surface area (Å²) in [6.07, 6.45) is 5.33. The van der Waals surface area contributed by atoms with E-state index in [1.165, 1.54) is 12.8 Å². The molecule has 0 amide bonds. The Hall–Kier alpha value is -1.06. The molecule has 0 radical (unpaired) electrons. The van der Waals surface area contributed by atoms with Crippen LogP contribution in [0.15, 0.2) is 5.16 Å². The second-order valence-electron chi connectivity index (χ2n) is 3.74. The first-order chi connectivity index (χ1) is 6.27. The number of carboxylic acid groups (broad SMARTS) is 1. The lowest BCUT2D eigenvalue weighted by molar-refractivity contribution is -0.129. The number of hydrogen-bond donors (Lipinski definition) is 1. The average molecular weight is 183 g/mol. The maximum absolute atomic E-state index is 10.6. The molecule has 2 rings (SSSR count). The van der Waals surface area contributed by atoms with Crippen LogP contribution >= 0.6 is 0 Å². The molecule has 1 fully saturated rings. The third kappa shape index (κ3) is 1.66. The van der Waals surface area contributed by atoms with Crippen molar-refractivity contribution in [2.75, 3.05) is 0 Å². The number of nitrogens with zero attached hydrogens (tertiary/aromatic N) is 1. The van der Waals surface area contributed by atoms with Crippen LogP contribution in [-0.4, -0.2) is 22.9 Å². The van der Waals surface area contributed by atoms with E-state index in [4.69, 9.17) is 9.94 Å². The monoisotopic (exact) mass is 183 g/mol. The third-order valence-electron chi connectivity index (χ3n) is 2.87. The van der Waals surface area contributed by atoms with Crippen molar-refractivity contribution in [3.05, 3.63) is 0 Å². The van der Waals surface area contributed by atoms with Gasteiger partial charge in [0.05, 0.1) is 0 Å². The molecule has 0 aromatic rings. The molecule has 0 aromatic heterocycles. The largest absolute Gasteiger partial charge is 0.477 e. The molecule has 1 heterocycles. The number of carboxylic acids is 1. The fraction of sp³-hybridized carbons (Fsp3) is 0.778. The first kappa shape index (κ1) is 8.53. The zero-order valence-corrected chi connectivity index (χ0v) is 7.40. The highest BCUT2D eigenvalue weighted by atomic mass is 16.6. The Balaban J connectivity index is 1.90. The molecule has 1 atom stereocenters. The molecule has 2 aliphatic rings. The smallest absolute Gasteiger partial charge is 0.353 e. The summed E-state index contributed by atoms with van der Waals surface area (Å²) in [7, 11) is 0. The molecule has 1 aliphatic heterocycles. The Morgan fingerprint density at radius 3 is 2.69 bits per heavy atom. The summed E-state index contributed by atoms with van der Waals surface area (Å²) < 4.78 is 0. The Labute approximate surface area is 76.6 Å². The van der Waals surface area contributed by atoms with Crippen LogP contribution in [0.3, 0.4) is 0 Å². The lowest BCUT2D eigenvalue weighted by Gasteiger charge is -2.14. The van der Waals surface area contributed by atoms with Crippen molar-refractivity contribution in [1.29, 1.82) is 0 Å². The molecule has 1 N–H and O–H groups in total. The minimum absolute atomic E-state index is 0.0357. The predicted octanol–water partition coefficient (Wildman–Crippen LogP) is 1.41. The first-order valence-corrected chi connectivity index (χ1v) is 4.73. The topological polar surface area (TPSA) is 58.9 Å². The van der Waals surface area contributed by atoms with Crippen molar-refractivity contribution in [1.82, 2.24) is 0 Å². The Kier molecular flexibility index (Phi) is 2.20. The van der Waals surface area contributed by atoms with Crippen molar-refractivity contribution in [3.63, 3.8) is 0 Å². The van der Waals surface area contributed by atoms with E-state index >= 15 is 0 Å². The molecule has 4 nitrogen and oxygen atoms in total. The molecule has 0 saturated heterocycles. The summed E-state index contributed by atoms with van der Waals surface area (Å²) in [5.41, 5.74) is 0.178. The highest BCUT2D eigenvalue weighted by molar-refractivity contribution is 6.35. The summed E-state index contributed by atoms with van der Waals surface area (Å²) in [6, 6.07) is 0. The zero-order chi connectivity index (χ0) is 9.26. The van der Waals surface area contributed by atoms with Crippen LogP contribution < -0.4 is 0 Å². The molecule has 13 heavy (non-hydrogen) atoms. The van der Waals surface area contributed by atoms with E-state index in [2.05, 4.69) is 5.16 Å². The number of hydrogen-bond acceptors (Lipinski definition) is 3. The lowest BCUT2D eigenvalue weighted by Crippen LogP contribution is -2.20. The van der Waals surface area contributed by atoms with Crippen LogP contribution in [0.5, 0.6) is 0 Å². The second-order valence-corrected chi connectivity index (χ2v) is 3.74. The van der Waals surface area contributed by atoms with Gasteiger partial charge in [0.25, 0.3) is 0 Å². The maximum Gasteiger partial charge on any atom is 0.353 e. The van der Waals surface area contributed by atoms with Gasteiger partial charge in [-0.2, -0.15) is 0 Å². The number of carbonyl (C=O) groups is 1. The number of rotatable bonds is 2. The van der Waals surface area contributed by atoms with Gasteiger partial charge in [-0.1, -0.05) is 18.0 Å². The zero-order valence-electron chi connectivity index (χ0n) is 7.40. The Morgan fingerprint density at radius 2 is 2.15 bits per heavy atom. The van der Waals surface area contributed by atoms with Gasteiger partial charge in [0.15, 0.2) is 5.71 Å². The van der Waals surface area contributed by atoms with Gasteiger partial charge in [-0.05, 0) is 18.8 Å². The molecular weight excluding hydrogens is 170 g/mol. The lowest BCUT2D eigenvalue weighted by atomic mass is 9.97. The Morgan fingerprint density at radius 1 is 1.46 bits per heavy atom. The molecular formula is C9H13NO3. The standard InChI is InChI=1S/C9H13NO3/c11-9(12)7-5-8(13-10-7)6-3-1-2-4-6/h6,8H,1-5H2,(H,11,12). The van der Waals surface area contributed by atoms with Gasteiger partial charge in [0.2, 0.25) is 0 Å². The number of oxime groups is 1. The quantitative estimate of drug-likeness (QED) is 0.704. The van der Waals surface area contributed by atoms with E-state index in [1.807, 2.05) is 0 Å². The van der Waals surface area contributed by atoms with Crippen LogP contribution in [0.25, 0.3) is 0 Å². The maximum atomic E-state index is 10.6. The highest BCUT2D eigenvalue weighted by Gasteiger charge is 2.33. The number of aliphatic carboxylic acids is 1. The molecule has 1 aliphatic carbocycles. The van der Waals surface area contributed by atoms with E-state index in [1.54, 1.807) is 0 Å². The van der Waals surface area contributed by atoms with Crippen molar-refractivity contribution in [2.24, 2.45) is 11.1 Å². The summed E-state index contributed by atoms with van der Waals surface area (Å²) in [4.78, 5) is 15.7. The average Bonchev–Trinajstić information content (AvgIpc) is 2.75. The molecule has 4 heteroatoms. The van der Waals surface area contributed by atoms with Gasteiger partial charge in [-0.15, -0.1) is 0 Å². The van der Waals surface area contributed by atoms with Crippen LogP contribution in [0.4, 0.5) is 0 Å². The summed E-state index contributed by atoms with van der Waals surface area (Å²) in [6.45, 7) is 0. The van der Waals surface area contributed by atoms with Gasteiger partial charge in [0.1, 0.15) is 6.10 Å². The molecule has 0 spiro atoms. The van der Waals surface area contributed by atoms with Crippen molar-refractivity contribution >= 4 is 11.7 Å². The highest BCUT2D eigenvalue weighted by Crippen LogP contribution is 2.32. The van der Waals surface area contributed by atoms with Crippen LogP contribution in [0, 0.1) is 5.92 Å². The van der Waals surface area contributed by atoms with Crippen LogP contribution in [0.1, 0.15) is 32.1 Å². The summed E-state index contributed by atoms with van der Waals surface area (Å²) >= 11 is 0. The first-order valence-electron chi connectivity index (χ1n) is 4.73. The van der Waals surface area contributed by atoms with Crippen LogP contribution in [0.2, 0.25) is 0 Å². The minimum Gasteiger partial charge on any atom is -0.477 e. The predicted molar refractivity (Wildman–Crippen MR) is 46.5 cm³/mol.